The third kappa shape index (κ3) is 4.20. The van der Waals surface area contributed by atoms with E-state index in [4.69, 9.17) is 39.2 Å². The average Bonchev–Trinajstić information content (AvgIpc) is 3.11. The van der Waals surface area contributed by atoms with Crippen LogP contribution in [0.2, 0.25) is 10.0 Å². The molecule has 0 aliphatic carbocycles. The lowest BCUT2D eigenvalue weighted by molar-refractivity contribution is 0.304. The Kier molecular flexibility index (Phi) is 5.36. The first-order valence-corrected chi connectivity index (χ1v) is 9.81. The summed E-state index contributed by atoms with van der Waals surface area (Å²) in [5.74, 6) is 1.46. The van der Waals surface area contributed by atoms with Crippen molar-refractivity contribution in [2.75, 3.05) is 0 Å². The Labute approximate surface area is 175 Å². The van der Waals surface area contributed by atoms with Crippen LogP contribution in [0.25, 0.3) is 15.1 Å². The van der Waals surface area contributed by atoms with Crippen LogP contribution < -0.4 is 9.47 Å². The molecule has 4 aromatic rings. The SMILES string of the molecule is [C-]#[N+]c1cc(Cl)cc(Oc2cc(OCc3nc4ccccc4s3)ccc2Cl)c1. The van der Waals surface area contributed by atoms with Gasteiger partial charge in [0.05, 0.1) is 21.8 Å². The highest BCUT2D eigenvalue weighted by atomic mass is 35.5. The molecule has 28 heavy (non-hydrogen) atoms. The number of aromatic nitrogens is 1. The zero-order chi connectivity index (χ0) is 19.5. The zero-order valence-corrected chi connectivity index (χ0v) is 16.7. The van der Waals surface area contributed by atoms with Gasteiger partial charge in [-0.15, -0.1) is 11.3 Å². The van der Waals surface area contributed by atoms with E-state index in [1.54, 1.807) is 47.7 Å². The molecular weight excluding hydrogens is 415 g/mol. The predicted octanol–water partition coefficient (Wildman–Crippen LogP) is 7.53. The number of hydrogen-bond donors (Lipinski definition) is 0. The van der Waals surface area contributed by atoms with Crippen molar-refractivity contribution in [3.63, 3.8) is 0 Å². The Hall–Kier alpha value is -2.78. The minimum absolute atomic E-state index is 0.347. The lowest BCUT2D eigenvalue weighted by atomic mass is 10.3. The van der Waals surface area contributed by atoms with Crippen LogP contribution in [0, 0.1) is 6.57 Å². The fourth-order valence-corrected chi connectivity index (χ4v) is 3.83. The van der Waals surface area contributed by atoms with E-state index in [2.05, 4.69) is 9.83 Å². The predicted molar refractivity (Wildman–Crippen MR) is 113 cm³/mol. The highest BCUT2D eigenvalue weighted by Crippen LogP contribution is 2.36. The highest BCUT2D eigenvalue weighted by Gasteiger charge is 2.09. The fourth-order valence-electron chi connectivity index (χ4n) is 2.58. The van der Waals surface area contributed by atoms with Crippen LogP contribution in [-0.4, -0.2) is 4.98 Å². The van der Waals surface area contributed by atoms with Crippen LogP contribution in [0.1, 0.15) is 5.01 Å². The quantitative estimate of drug-likeness (QED) is 0.309. The topological polar surface area (TPSA) is 35.7 Å². The van der Waals surface area contributed by atoms with Gasteiger partial charge in [-0.05, 0) is 42.5 Å². The Bertz CT molecular complexity index is 1170. The first-order valence-electron chi connectivity index (χ1n) is 8.23. The Morgan fingerprint density at radius 1 is 1.00 bits per heavy atom. The van der Waals surface area contributed by atoms with Gasteiger partial charge < -0.3 is 9.47 Å². The number of para-hydroxylation sites is 1. The molecule has 7 heteroatoms. The molecule has 0 aliphatic heterocycles. The van der Waals surface area contributed by atoms with Crippen molar-refractivity contribution in [1.82, 2.24) is 4.98 Å². The van der Waals surface area contributed by atoms with Crippen LogP contribution in [0.3, 0.4) is 0 Å². The molecule has 138 valence electrons. The van der Waals surface area contributed by atoms with Crippen molar-refractivity contribution >= 4 is 50.4 Å². The van der Waals surface area contributed by atoms with Gasteiger partial charge in [0.15, 0.2) is 5.69 Å². The van der Waals surface area contributed by atoms with Crippen LogP contribution in [0.5, 0.6) is 17.2 Å². The van der Waals surface area contributed by atoms with E-state index in [0.717, 1.165) is 15.2 Å². The summed E-state index contributed by atoms with van der Waals surface area (Å²) in [5, 5.41) is 1.73. The molecule has 0 saturated heterocycles. The normalized spacial score (nSPS) is 10.6. The third-order valence-corrected chi connectivity index (χ3v) is 5.36. The van der Waals surface area contributed by atoms with E-state index in [-0.39, 0.29) is 0 Å². The summed E-state index contributed by atoms with van der Waals surface area (Å²) in [6.07, 6.45) is 0. The van der Waals surface area contributed by atoms with E-state index in [9.17, 15) is 0 Å². The second kappa shape index (κ2) is 8.07. The molecule has 0 amide bonds. The molecule has 0 fully saturated rings. The second-order valence-electron chi connectivity index (χ2n) is 5.82. The van der Waals surface area contributed by atoms with E-state index in [1.165, 1.54) is 0 Å². The van der Waals surface area contributed by atoms with Crippen LogP contribution in [0.4, 0.5) is 5.69 Å². The van der Waals surface area contributed by atoms with E-state index < -0.39 is 0 Å². The molecule has 3 aromatic carbocycles. The number of thiazole rings is 1. The molecular formula is C21H12Cl2N2O2S. The molecule has 0 aliphatic rings. The summed E-state index contributed by atoms with van der Waals surface area (Å²) >= 11 is 13.9. The summed E-state index contributed by atoms with van der Waals surface area (Å²) in [4.78, 5) is 7.93. The van der Waals surface area contributed by atoms with Gasteiger partial charge in [0.2, 0.25) is 0 Å². The van der Waals surface area contributed by atoms with Gasteiger partial charge in [0.1, 0.15) is 28.9 Å². The maximum atomic E-state index is 7.13. The van der Waals surface area contributed by atoms with E-state index in [0.29, 0.717) is 39.6 Å². The van der Waals surface area contributed by atoms with Gasteiger partial charge >= 0.3 is 0 Å². The Morgan fingerprint density at radius 2 is 1.86 bits per heavy atom. The molecule has 0 N–H and O–H groups in total. The summed E-state index contributed by atoms with van der Waals surface area (Å²) in [6, 6.07) is 17.9. The molecule has 0 atom stereocenters. The summed E-state index contributed by atoms with van der Waals surface area (Å²) in [5.41, 5.74) is 1.35. The minimum Gasteiger partial charge on any atom is -0.486 e. The molecule has 0 saturated carbocycles. The lowest BCUT2D eigenvalue weighted by Gasteiger charge is -2.11. The van der Waals surface area contributed by atoms with Gasteiger partial charge in [-0.1, -0.05) is 35.3 Å². The van der Waals surface area contributed by atoms with Crippen molar-refractivity contribution in [3.8, 4) is 17.2 Å². The highest BCUT2D eigenvalue weighted by molar-refractivity contribution is 7.18. The van der Waals surface area contributed by atoms with E-state index >= 15 is 0 Å². The number of hydrogen-bond acceptors (Lipinski definition) is 4. The number of halogens is 2. The van der Waals surface area contributed by atoms with Crippen molar-refractivity contribution in [2.24, 2.45) is 0 Å². The van der Waals surface area contributed by atoms with Crippen LogP contribution >= 0.6 is 34.5 Å². The number of rotatable bonds is 5. The molecule has 4 nitrogen and oxygen atoms in total. The smallest absolute Gasteiger partial charge is 0.192 e. The molecule has 0 spiro atoms. The molecule has 4 rings (SSSR count). The second-order valence-corrected chi connectivity index (χ2v) is 7.77. The van der Waals surface area contributed by atoms with Crippen molar-refractivity contribution < 1.29 is 9.47 Å². The number of fused-ring (bicyclic) bond motifs is 1. The molecule has 0 unspecified atom stereocenters. The third-order valence-electron chi connectivity index (χ3n) is 3.82. The Morgan fingerprint density at radius 3 is 2.68 bits per heavy atom. The van der Waals surface area contributed by atoms with E-state index in [1.807, 2.05) is 24.3 Å². The maximum Gasteiger partial charge on any atom is 0.192 e. The monoisotopic (exact) mass is 426 g/mol. The molecule has 1 aromatic heterocycles. The average molecular weight is 427 g/mol. The lowest BCUT2D eigenvalue weighted by Crippen LogP contribution is -1.95. The molecule has 0 bridgehead atoms. The minimum atomic E-state index is 0.347. The first kappa shape index (κ1) is 18.6. The Balaban J connectivity index is 1.52. The number of ether oxygens (including phenoxy) is 2. The maximum absolute atomic E-state index is 7.13. The van der Waals surface area contributed by atoms with Gasteiger partial charge in [0.25, 0.3) is 0 Å². The van der Waals surface area contributed by atoms with Gasteiger partial charge in [0, 0.05) is 11.1 Å². The summed E-state index contributed by atoms with van der Waals surface area (Å²) in [7, 11) is 0. The van der Waals surface area contributed by atoms with Gasteiger partial charge in [-0.25, -0.2) is 9.83 Å². The molecule has 1 heterocycles. The van der Waals surface area contributed by atoms with Gasteiger partial charge in [-0.2, -0.15) is 0 Å². The summed E-state index contributed by atoms with van der Waals surface area (Å²) < 4.78 is 12.8. The largest absolute Gasteiger partial charge is 0.486 e. The number of nitrogens with zero attached hydrogens (tertiary/aromatic N) is 2. The van der Waals surface area contributed by atoms with Crippen molar-refractivity contribution in [2.45, 2.75) is 6.61 Å². The first-order chi connectivity index (χ1) is 13.6. The van der Waals surface area contributed by atoms with Crippen LogP contribution in [-0.2, 0) is 6.61 Å². The fraction of sp³-hybridized carbons (Fsp3) is 0.0476. The molecule has 0 radical (unpaired) electrons. The van der Waals surface area contributed by atoms with Crippen LogP contribution in [0.15, 0.2) is 60.7 Å². The van der Waals surface area contributed by atoms with Gasteiger partial charge in [-0.3, -0.25) is 0 Å². The van der Waals surface area contributed by atoms with Crippen molar-refractivity contribution in [1.29, 1.82) is 0 Å². The standard InChI is InChI=1S/C21H12Cl2N2O2S/c1-24-14-8-13(22)9-16(10-14)27-19-11-15(6-7-17(19)23)26-12-21-25-18-4-2-3-5-20(18)28-21/h2-11H,12H2. The zero-order valence-electron chi connectivity index (χ0n) is 14.4. The number of benzene rings is 3. The summed E-state index contributed by atoms with van der Waals surface area (Å²) in [6.45, 7) is 7.48. The van der Waals surface area contributed by atoms with Crippen molar-refractivity contribution in [3.05, 3.63) is 87.1 Å².